The molecule has 0 radical (unpaired) electrons. The van der Waals surface area contributed by atoms with Gasteiger partial charge in [-0.25, -0.2) is 15.0 Å². The van der Waals surface area contributed by atoms with Crippen LogP contribution in [0, 0.1) is 12.8 Å². The molecule has 1 fully saturated rings. The first-order chi connectivity index (χ1) is 13.8. The van der Waals surface area contributed by atoms with Gasteiger partial charge in [-0.05, 0) is 18.9 Å². The van der Waals surface area contributed by atoms with Gasteiger partial charge in [0, 0.05) is 32.5 Å². The molecule has 2 amide bonds. The van der Waals surface area contributed by atoms with Crippen molar-refractivity contribution in [2.45, 2.75) is 32.9 Å². The summed E-state index contributed by atoms with van der Waals surface area (Å²) in [6, 6.07) is 1.44. The number of hydrogen-bond donors (Lipinski definition) is 2. The summed E-state index contributed by atoms with van der Waals surface area (Å²) < 4.78 is 0. The molecule has 0 saturated carbocycles. The van der Waals surface area contributed by atoms with Crippen molar-refractivity contribution >= 4 is 29.3 Å². The van der Waals surface area contributed by atoms with Crippen molar-refractivity contribution in [3.8, 4) is 0 Å². The van der Waals surface area contributed by atoms with Crippen molar-refractivity contribution in [1.29, 1.82) is 0 Å². The predicted molar refractivity (Wildman–Crippen MR) is 108 cm³/mol. The average Bonchev–Trinajstić information content (AvgIpc) is 2.65. The van der Waals surface area contributed by atoms with Gasteiger partial charge in [-0.3, -0.25) is 9.59 Å². The van der Waals surface area contributed by atoms with Crippen molar-refractivity contribution < 1.29 is 9.59 Å². The third kappa shape index (κ3) is 3.45. The second-order valence-corrected chi connectivity index (χ2v) is 7.74. The molecular formula is C19H24N8O2. The molecule has 2 aromatic rings. The van der Waals surface area contributed by atoms with E-state index in [4.69, 9.17) is 0 Å². The molecule has 10 heteroatoms. The second kappa shape index (κ2) is 7.26. The largest absolute Gasteiger partial charge is 0.348 e. The molecular weight excluding hydrogens is 372 g/mol. The summed E-state index contributed by atoms with van der Waals surface area (Å²) in [6.07, 6.45) is 3.11. The van der Waals surface area contributed by atoms with Crippen LogP contribution < -0.4 is 15.5 Å². The number of aryl methyl sites for hydroxylation is 1. The molecule has 0 aromatic carbocycles. The van der Waals surface area contributed by atoms with Crippen molar-refractivity contribution in [1.82, 2.24) is 24.8 Å². The molecule has 2 aromatic heterocycles. The zero-order valence-electron chi connectivity index (χ0n) is 16.9. The Morgan fingerprint density at radius 2 is 1.93 bits per heavy atom. The van der Waals surface area contributed by atoms with Gasteiger partial charge >= 0.3 is 0 Å². The quantitative estimate of drug-likeness (QED) is 0.784. The van der Waals surface area contributed by atoms with Crippen LogP contribution >= 0.6 is 0 Å². The highest BCUT2D eigenvalue weighted by molar-refractivity contribution is 6.03. The molecule has 0 bridgehead atoms. The van der Waals surface area contributed by atoms with Gasteiger partial charge < -0.3 is 20.4 Å². The van der Waals surface area contributed by atoms with Crippen molar-refractivity contribution in [3.05, 3.63) is 30.0 Å². The van der Waals surface area contributed by atoms with E-state index in [1.165, 1.54) is 0 Å². The molecule has 1 atom stereocenters. The maximum absolute atomic E-state index is 12.4. The fourth-order valence-electron chi connectivity index (χ4n) is 3.75. The Morgan fingerprint density at radius 3 is 2.59 bits per heavy atom. The summed E-state index contributed by atoms with van der Waals surface area (Å²) >= 11 is 0. The van der Waals surface area contributed by atoms with Crippen LogP contribution in [0.1, 0.15) is 30.2 Å². The number of carbonyl (C=O) groups excluding carboxylic acids is 2. The van der Waals surface area contributed by atoms with Gasteiger partial charge in [0.2, 0.25) is 17.7 Å². The van der Waals surface area contributed by atoms with E-state index < -0.39 is 0 Å². The molecule has 2 aliphatic rings. The lowest BCUT2D eigenvalue weighted by atomic mass is 9.99. The van der Waals surface area contributed by atoms with Crippen LogP contribution in [0.15, 0.2) is 18.5 Å². The molecule has 0 aliphatic carbocycles. The first-order valence-corrected chi connectivity index (χ1v) is 9.60. The van der Waals surface area contributed by atoms with Gasteiger partial charge in [-0.1, -0.05) is 13.8 Å². The Bertz CT molecular complexity index is 943. The minimum atomic E-state index is -0.285. The topological polar surface area (TPSA) is 116 Å². The minimum absolute atomic E-state index is 0.0429. The van der Waals surface area contributed by atoms with Crippen LogP contribution in [0.2, 0.25) is 0 Å². The van der Waals surface area contributed by atoms with E-state index in [2.05, 4.69) is 30.6 Å². The number of rotatable bonds is 4. The van der Waals surface area contributed by atoms with Gasteiger partial charge in [0.05, 0.1) is 11.7 Å². The van der Waals surface area contributed by atoms with E-state index in [-0.39, 0.29) is 35.6 Å². The number of nitrogens with zero attached hydrogens (tertiary/aromatic N) is 6. The lowest BCUT2D eigenvalue weighted by Crippen LogP contribution is -2.57. The first-order valence-electron chi connectivity index (χ1n) is 9.60. The predicted octanol–water partition coefficient (Wildman–Crippen LogP) is 0.924. The zero-order chi connectivity index (χ0) is 20.7. The van der Waals surface area contributed by atoms with E-state index in [1.807, 2.05) is 32.7 Å². The normalized spacial score (nSPS) is 18.9. The average molecular weight is 396 g/mol. The molecule has 4 heterocycles. The zero-order valence-corrected chi connectivity index (χ0v) is 16.9. The highest BCUT2D eigenvalue weighted by Crippen LogP contribution is 2.34. The summed E-state index contributed by atoms with van der Waals surface area (Å²) in [5, 5.41) is 6.22. The summed E-state index contributed by atoms with van der Waals surface area (Å²) in [5.74, 6) is 1.30. The van der Waals surface area contributed by atoms with Gasteiger partial charge in [-0.15, -0.1) is 0 Å². The van der Waals surface area contributed by atoms with Crippen molar-refractivity contribution in [2.24, 2.45) is 5.92 Å². The molecule has 0 spiro atoms. The third-order valence-electron chi connectivity index (χ3n) is 5.23. The number of likely N-dealkylation sites (tertiary alicyclic amines) is 1. The van der Waals surface area contributed by atoms with Crippen LogP contribution in [0.25, 0.3) is 0 Å². The third-order valence-corrected chi connectivity index (χ3v) is 5.23. The van der Waals surface area contributed by atoms with Gasteiger partial charge in [0.1, 0.15) is 11.7 Å². The molecule has 2 N–H and O–H groups in total. The summed E-state index contributed by atoms with van der Waals surface area (Å²) in [4.78, 5) is 45.5. The van der Waals surface area contributed by atoms with Crippen molar-refractivity contribution in [3.63, 3.8) is 0 Å². The lowest BCUT2D eigenvalue weighted by Gasteiger charge is -2.40. The molecule has 152 valence electrons. The smallest absolute Gasteiger partial charge is 0.291 e. The highest BCUT2D eigenvalue weighted by atomic mass is 16.2. The minimum Gasteiger partial charge on any atom is -0.348 e. The van der Waals surface area contributed by atoms with E-state index in [9.17, 15) is 9.59 Å². The Labute approximate surface area is 168 Å². The van der Waals surface area contributed by atoms with Crippen molar-refractivity contribution in [2.75, 3.05) is 35.7 Å². The van der Waals surface area contributed by atoms with Crippen LogP contribution in [-0.4, -0.2) is 68.9 Å². The van der Waals surface area contributed by atoms with Crippen LogP contribution in [0.3, 0.4) is 0 Å². The number of nitrogens with one attached hydrogen (secondary N) is 2. The summed E-state index contributed by atoms with van der Waals surface area (Å²) in [6.45, 7) is 6.92. The van der Waals surface area contributed by atoms with Crippen LogP contribution in [0.5, 0.6) is 0 Å². The molecule has 2 aliphatic heterocycles. The van der Waals surface area contributed by atoms with E-state index >= 15 is 0 Å². The number of carbonyl (C=O) groups is 2. The SMILES string of the molecule is Cc1nc(NC2CN(C(=O)c3ncccn3)C2)nc2c1NC(=O)[C@H](C(C)C)N2C. The van der Waals surface area contributed by atoms with E-state index in [0.29, 0.717) is 36.2 Å². The maximum atomic E-state index is 12.4. The molecule has 10 nitrogen and oxygen atoms in total. The summed E-state index contributed by atoms with van der Waals surface area (Å²) in [7, 11) is 1.88. The molecule has 0 unspecified atom stereocenters. The van der Waals surface area contributed by atoms with Gasteiger partial charge in [0.15, 0.2) is 5.82 Å². The Kier molecular flexibility index (Phi) is 4.77. The number of anilines is 3. The number of likely N-dealkylation sites (N-methyl/N-ethyl adjacent to an activating group) is 1. The second-order valence-electron chi connectivity index (χ2n) is 7.74. The standard InChI is InChI=1S/C19H24N8O2/c1-10(2)14-17(28)24-13-11(3)22-19(25-16(13)26(14)4)23-12-8-27(9-12)18(29)15-20-6-5-7-21-15/h5-7,10,12,14H,8-9H2,1-4H3,(H,24,28)(H,22,23,25)/t14-/m0/s1. The lowest BCUT2D eigenvalue weighted by molar-refractivity contribution is -0.118. The number of fused-ring (bicyclic) bond motifs is 1. The number of amides is 2. The fourth-order valence-corrected chi connectivity index (χ4v) is 3.75. The monoisotopic (exact) mass is 396 g/mol. The number of aromatic nitrogens is 4. The maximum Gasteiger partial charge on any atom is 0.291 e. The Hall–Kier alpha value is -3.30. The fraction of sp³-hybridized carbons (Fsp3) is 0.474. The van der Waals surface area contributed by atoms with Gasteiger partial charge in [0.25, 0.3) is 5.91 Å². The Balaban J connectivity index is 1.46. The molecule has 29 heavy (non-hydrogen) atoms. The molecule has 4 rings (SSSR count). The van der Waals surface area contributed by atoms with Crippen LogP contribution in [-0.2, 0) is 4.79 Å². The highest BCUT2D eigenvalue weighted by Gasteiger charge is 2.36. The summed E-state index contributed by atoms with van der Waals surface area (Å²) in [5.41, 5.74) is 1.34. The number of hydrogen-bond acceptors (Lipinski definition) is 8. The van der Waals surface area contributed by atoms with Gasteiger partial charge in [-0.2, -0.15) is 4.98 Å². The molecule has 1 saturated heterocycles. The Morgan fingerprint density at radius 1 is 1.24 bits per heavy atom. The van der Waals surface area contributed by atoms with E-state index in [1.54, 1.807) is 23.4 Å². The van der Waals surface area contributed by atoms with Crippen LogP contribution in [0.4, 0.5) is 17.5 Å². The van der Waals surface area contributed by atoms with E-state index in [0.717, 1.165) is 0 Å². The first kappa shape index (κ1) is 19.0.